The number of nitrogens with zero attached hydrogens (tertiary/aromatic N) is 6. The third-order valence-electron chi connectivity index (χ3n) is 6.02. The van der Waals surface area contributed by atoms with Crippen LogP contribution in [0, 0.1) is 6.92 Å². The molecule has 156 valence electrons. The van der Waals surface area contributed by atoms with Gasteiger partial charge in [-0.1, -0.05) is 6.07 Å². The summed E-state index contributed by atoms with van der Waals surface area (Å²) in [4.78, 5) is 21.1. The molecule has 0 spiro atoms. The zero-order valence-electron chi connectivity index (χ0n) is 17.6. The van der Waals surface area contributed by atoms with Crippen molar-refractivity contribution in [2.75, 3.05) is 62.8 Å². The average molecular weight is 397 g/mol. The lowest BCUT2D eigenvalue weighted by Crippen LogP contribution is -2.44. The summed E-state index contributed by atoms with van der Waals surface area (Å²) in [6, 6.07) is 8.85. The predicted octanol–water partition coefficient (Wildman–Crippen LogP) is 2.16. The molecule has 29 heavy (non-hydrogen) atoms. The van der Waals surface area contributed by atoms with Crippen LogP contribution in [0.15, 0.2) is 30.5 Å². The largest absolute Gasteiger partial charge is 0.378 e. The molecule has 0 bridgehead atoms. The van der Waals surface area contributed by atoms with E-state index in [1.807, 2.05) is 12.3 Å². The highest BCUT2D eigenvalue weighted by molar-refractivity contribution is 5.44. The Balaban J connectivity index is 1.29. The van der Waals surface area contributed by atoms with Gasteiger partial charge in [0, 0.05) is 69.8 Å². The van der Waals surface area contributed by atoms with Gasteiger partial charge in [0.05, 0.1) is 13.2 Å². The average Bonchev–Trinajstić information content (AvgIpc) is 2.78. The Bertz CT molecular complexity index is 786. The van der Waals surface area contributed by atoms with Gasteiger partial charge in [-0.15, -0.1) is 0 Å². The Morgan fingerprint density at radius 3 is 2.62 bits per heavy atom. The van der Waals surface area contributed by atoms with E-state index in [9.17, 15) is 0 Å². The normalized spacial score (nSPS) is 18.8. The van der Waals surface area contributed by atoms with Gasteiger partial charge in [0.15, 0.2) is 0 Å². The highest BCUT2D eigenvalue weighted by Crippen LogP contribution is 2.22. The number of rotatable bonds is 6. The van der Waals surface area contributed by atoms with Crippen LogP contribution < -0.4 is 9.80 Å². The van der Waals surface area contributed by atoms with Crippen LogP contribution in [0.1, 0.15) is 24.2 Å². The quantitative estimate of drug-likeness (QED) is 0.742. The van der Waals surface area contributed by atoms with Crippen molar-refractivity contribution >= 4 is 11.8 Å². The molecule has 0 radical (unpaired) electrons. The Morgan fingerprint density at radius 2 is 1.86 bits per heavy atom. The van der Waals surface area contributed by atoms with E-state index in [2.05, 4.69) is 56.8 Å². The molecule has 4 heterocycles. The predicted molar refractivity (Wildman–Crippen MR) is 116 cm³/mol. The van der Waals surface area contributed by atoms with Crippen molar-refractivity contribution in [3.05, 3.63) is 41.9 Å². The van der Waals surface area contributed by atoms with E-state index in [4.69, 9.17) is 9.72 Å². The summed E-state index contributed by atoms with van der Waals surface area (Å²) in [5.74, 6) is 1.84. The van der Waals surface area contributed by atoms with Crippen LogP contribution in [0.25, 0.3) is 0 Å². The van der Waals surface area contributed by atoms with Crippen molar-refractivity contribution < 1.29 is 4.74 Å². The van der Waals surface area contributed by atoms with Crippen LogP contribution in [0.2, 0.25) is 0 Å². The first-order valence-electron chi connectivity index (χ1n) is 10.7. The number of hydrogen-bond donors (Lipinski definition) is 0. The zero-order valence-corrected chi connectivity index (χ0v) is 17.6. The number of hydrogen-bond acceptors (Lipinski definition) is 7. The topological polar surface area (TPSA) is 57.6 Å². The van der Waals surface area contributed by atoms with Gasteiger partial charge in [-0.05, 0) is 38.0 Å². The first-order valence-corrected chi connectivity index (χ1v) is 10.7. The van der Waals surface area contributed by atoms with E-state index in [0.29, 0.717) is 6.04 Å². The van der Waals surface area contributed by atoms with Gasteiger partial charge in [-0.2, -0.15) is 4.98 Å². The van der Waals surface area contributed by atoms with E-state index in [0.717, 1.165) is 82.7 Å². The van der Waals surface area contributed by atoms with Gasteiger partial charge in [0.25, 0.3) is 0 Å². The van der Waals surface area contributed by atoms with Crippen LogP contribution in [-0.2, 0) is 11.2 Å². The molecule has 2 aromatic heterocycles. The lowest BCUT2D eigenvalue weighted by Gasteiger charge is -2.37. The van der Waals surface area contributed by atoms with E-state index in [-0.39, 0.29) is 0 Å². The Morgan fingerprint density at radius 1 is 1.07 bits per heavy atom. The van der Waals surface area contributed by atoms with Gasteiger partial charge in [0.2, 0.25) is 5.95 Å². The molecule has 0 amide bonds. The molecule has 0 aromatic carbocycles. The smallest absolute Gasteiger partial charge is 0.227 e. The number of ether oxygens (including phenoxy) is 1. The van der Waals surface area contributed by atoms with E-state index in [1.165, 1.54) is 5.69 Å². The summed E-state index contributed by atoms with van der Waals surface area (Å²) < 4.78 is 5.44. The fraction of sp³-hybridized carbons (Fsp3) is 0.591. The van der Waals surface area contributed by atoms with Crippen molar-refractivity contribution in [3.63, 3.8) is 0 Å². The highest BCUT2D eigenvalue weighted by Gasteiger charge is 2.24. The summed E-state index contributed by atoms with van der Waals surface area (Å²) >= 11 is 0. The molecule has 0 atom stereocenters. The lowest BCUT2D eigenvalue weighted by atomic mass is 10.0. The van der Waals surface area contributed by atoms with Crippen molar-refractivity contribution in [2.45, 2.75) is 32.2 Å². The fourth-order valence-electron chi connectivity index (χ4n) is 4.18. The zero-order chi connectivity index (χ0) is 20.1. The van der Waals surface area contributed by atoms with E-state index in [1.54, 1.807) is 0 Å². The van der Waals surface area contributed by atoms with Gasteiger partial charge in [-0.25, -0.2) is 4.98 Å². The third kappa shape index (κ3) is 5.22. The molecule has 0 aliphatic carbocycles. The molecule has 2 aliphatic rings. The second-order valence-corrected chi connectivity index (χ2v) is 8.02. The number of pyridine rings is 1. The number of aryl methyl sites for hydroxylation is 1. The van der Waals surface area contributed by atoms with E-state index >= 15 is 0 Å². The third-order valence-corrected chi connectivity index (χ3v) is 6.02. The van der Waals surface area contributed by atoms with Gasteiger partial charge in [0.1, 0.15) is 5.82 Å². The summed E-state index contributed by atoms with van der Waals surface area (Å²) in [6.07, 6.45) is 5.23. The molecule has 0 unspecified atom stereocenters. The van der Waals surface area contributed by atoms with Crippen LogP contribution >= 0.6 is 0 Å². The first-order chi connectivity index (χ1) is 14.2. The Labute approximate surface area is 173 Å². The minimum atomic E-state index is 0.524. The summed E-state index contributed by atoms with van der Waals surface area (Å²) in [5, 5.41) is 0. The number of anilines is 2. The summed E-state index contributed by atoms with van der Waals surface area (Å²) in [6.45, 7) is 8.62. The maximum absolute atomic E-state index is 5.44. The van der Waals surface area contributed by atoms with Crippen LogP contribution in [0.3, 0.4) is 0 Å². The maximum Gasteiger partial charge on any atom is 0.227 e. The molecule has 2 fully saturated rings. The first kappa shape index (κ1) is 20.0. The molecule has 0 saturated carbocycles. The minimum absolute atomic E-state index is 0.524. The van der Waals surface area contributed by atoms with Crippen LogP contribution in [0.4, 0.5) is 11.8 Å². The number of likely N-dealkylation sites (tertiary alicyclic amines) is 1. The van der Waals surface area contributed by atoms with Crippen LogP contribution in [-0.4, -0.2) is 78.9 Å². The van der Waals surface area contributed by atoms with Gasteiger partial charge < -0.3 is 19.4 Å². The van der Waals surface area contributed by atoms with E-state index < -0.39 is 0 Å². The van der Waals surface area contributed by atoms with Gasteiger partial charge in [-0.3, -0.25) is 4.98 Å². The molecule has 2 aromatic rings. The molecule has 0 N–H and O–H groups in total. The van der Waals surface area contributed by atoms with Crippen molar-refractivity contribution in [2.24, 2.45) is 0 Å². The van der Waals surface area contributed by atoms with Crippen molar-refractivity contribution in [1.29, 1.82) is 0 Å². The highest BCUT2D eigenvalue weighted by atomic mass is 16.5. The molecule has 4 rings (SSSR count). The number of morpholine rings is 1. The molecule has 7 heteroatoms. The second-order valence-electron chi connectivity index (χ2n) is 8.02. The summed E-state index contributed by atoms with van der Waals surface area (Å²) in [5.41, 5.74) is 2.30. The summed E-state index contributed by atoms with van der Waals surface area (Å²) in [7, 11) is 2.17. The molecular weight excluding hydrogens is 364 g/mol. The minimum Gasteiger partial charge on any atom is -0.378 e. The van der Waals surface area contributed by atoms with Gasteiger partial charge >= 0.3 is 0 Å². The second kappa shape index (κ2) is 9.50. The lowest BCUT2D eigenvalue weighted by molar-refractivity contribution is 0.122. The molecular formula is C22H32N6O. The monoisotopic (exact) mass is 396 g/mol. The Hall–Kier alpha value is -2.25. The van der Waals surface area contributed by atoms with Crippen LogP contribution in [0.5, 0.6) is 0 Å². The standard InChI is InChI=1S/C22H32N6O/c1-18-4-3-5-19(24-18)7-11-27-12-8-20(9-13-27)26(2)21-6-10-23-22(25-21)28-14-16-29-17-15-28/h3-6,10,20H,7-9,11-17H2,1-2H3. The SMILES string of the molecule is Cc1cccc(CCN2CCC(N(C)c3ccnc(N4CCOCC4)n3)CC2)n1. The molecule has 2 aliphatic heterocycles. The van der Waals surface area contributed by atoms with Crippen molar-refractivity contribution in [3.8, 4) is 0 Å². The fourth-order valence-corrected chi connectivity index (χ4v) is 4.18. The maximum atomic E-state index is 5.44. The molecule has 2 saturated heterocycles. The van der Waals surface area contributed by atoms with Crippen molar-refractivity contribution in [1.82, 2.24) is 19.9 Å². The number of aromatic nitrogens is 3. The molecule has 7 nitrogen and oxygen atoms in total. The Kier molecular flexibility index (Phi) is 6.56. The number of piperidine rings is 1.